The van der Waals surface area contributed by atoms with E-state index in [4.69, 9.17) is 11.6 Å². The number of rotatable bonds is 6. The number of piperazine rings is 1. The molecule has 0 radical (unpaired) electrons. The number of fused-ring (bicyclic) bond motifs is 1. The van der Waals surface area contributed by atoms with Gasteiger partial charge in [0.15, 0.2) is 0 Å². The fraction of sp³-hybridized carbons (Fsp3) is 0.455. The second-order valence-corrected chi connectivity index (χ2v) is 17.1. The third-order valence-electron chi connectivity index (χ3n) is 13.6. The van der Waals surface area contributed by atoms with Crippen LogP contribution < -0.4 is 20.0 Å². The smallest absolute Gasteiger partial charge is 0.262 e. The first-order chi connectivity index (χ1) is 28.1. The van der Waals surface area contributed by atoms with Crippen molar-refractivity contribution in [2.75, 3.05) is 80.1 Å². The number of nitrogens with one attached hydrogen (secondary N) is 1. The highest BCUT2D eigenvalue weighted by atomic mass is 35.5. The molecule has 0 bridgehead atoms. The van der Waals surface area contributed by atoms with Crippen molar-refractivity contribution < 1.29 is 24.0 Å². The number of nitriles is 1. The van der Waals surface area contributed by atoms with Gasteiger partial charge in [0.2, 0.25) is 11.8 Å². The van der Waals surface area contributed by atoms with Crippen molar-refractivity contribution in [1.29, 1.82) is 5.26 Å². The zero-order valence-corrected chi connectivity index (χ0v) is 33.3. The van der Waals surface area contributed by atoms with Gasteiger partial charge in [-0.05, 0) is 105 Å². The number of piperidine rings is 3. The summed E-state index contributed by atoms with van der Waals surface area (Å²) in [7, 11) is 0. The molecule has 3 aromatic carbocycles. The van der Waals surface area contributed by atoms with E-state index < -0.39 is 29.7 Å². The Balaban J connectivity index is 0.731. The molecule has 6 aliphatic rings. The van der Waals surface area contributed by atoms with Crippen molar-refractivity contribution >= 4 is 58.2 Å². The molecule has 3 aromatic rings. The lowest BCUT2D eigenvalue weighted by molar-refractivity contribution is -0.136. The van der Waals surface area contributed by atoms with Crippen LogP contribution in [0.3, 0.4) is 0 Å². The highest BCUT2D eigenvalue weighted by Crippen LogP contribution is 2.43. The van der Waals surface area contributed by atoms with Crippen LogP contribution in [0.4, 0.5) is 17.1 Å². The Labute approximate surface area is 343 Å². The molecule has 13 nitrogen and oxygen atoms in total. The molecule has 1 spiro atoms. The average molecular weight is 803 g/mol. The van der Waals surface area contributed by atoms with Gasteiger partial charge in [0.25, 0.3) is 17.7 Å². The SMILES string of the molecule is N#Cc1ccc(N2CCC3(CCN(C(=O)c4ccc(N5CCC(N6CCN(c7ccc8c(c7)C(=O)N(C7CCC(=O)NC7=O)C8=O)CC6)CC5)cc4)CC3)C2)cc1Cl. The highest BCUT2D eigenvalue weighted by molar-refractivity contribution is 6.32. The minimum absolute atomic E-state index is 0.0933. The quantitative estimate of drug-likeness (QED) is 0.354. The van der Waals surface area contributed by atoms with Crippen molar-refractivity contribution in [2.24, 2.45) is 5.41 Å². The predicted octanol–water partition coefficient (Wildman–Crippen LogP) is 4.54. The molecule has 58 heavy (non-hydrogen) atoms. The molecular formula is C44H47ClN8O5. The molecule has 6 heterocycles. The van der Waals surface area contributed by atoms with Crippen molar-refractivity contribution in [3.05, 3.63) is 87.9 Å². The number of hydrogen-bond acceptors (Lipinski definition) is 10. The molecule has 5 fully saturated rings. The largest absolute Gasteiger partial charge is 0.371 e. The summed E-state index contributed by atoms with van der Waals surface area (Å²) in [5, 5.41) is 12.0. The maximum atomic E-state index is 13.6. The van der Waals surface area contributed by atoms with E-state index in [0.29, 0.717) is 27.8 Å². The first-order valence-electron chi connectivity index (χ1n) is 20.5. The van der Waals surface area contributed by atoms with Crippen LogP contribution in [0.25, 0.3) is 0 Å². The molecule has 0 aromatic heterocycles. The number of nitrogens with zero attached hydrogens (tertiary/aromatic N) is 7. The van der Waals surface area contributed by atoms with Gasteiger partial charge >= 0.3 is 0 Å². The Morgan fingerprint density at radius 1 is 0.707 bits per heavy atom. The molecule has 14 heteroatoms. The third kappa shape index (κ3) is 7.06. The number of amides is 5. The molecule has 0 aliphatic carbocycles. The summed E-state index contributed by atoms with van der Waals surface area (Å²) >= 11 is 6.32. The molecule has 300 valence electrons. The summed E-state index contributed by atoms with van der Waals surface area (Å²) < 4.78 is 0. The fourth-order valence-corrected chi connectivity index (χ4v) is 10.2. The van der Waals surface area contributed by atoms with Gasteiger partial charge in [-0.25, -0.2) is 0 Å². The number of carbonyl (C=O) groups excluding carboxylic acids is 5. The highest BCUT2D eigenvalue weighted by Gasteiger charge is 2.45. The summed E-state index contributed by atoms with van der Waals surface area (Å²) in [5.41, 5.74) is 5.12. The minimum atomic E-state index is -0.972. The zero-order valence-electron chi connectivity index (χ0n) is 32.5. The summed E-state index contributed by atoms with van der Waals surface area (Å²) in [5.74, 6) is -1.87. The second-order valence-electron chi connectivity index (χ2n) is 16.7. The molecule has 1 N–H and O–H groups in total. The Bertz CT molecular complexity index is 2200. The summed E-state index contributed by atoms with van der Waals surface area (Å²) in [6.07, 6.45) is 5.38. The maximum absolute atomic E-state index is 13.6. The van der Waals surface area contributed by atoms with Crippen LogP contribution in [-0.2, 0) is 9.59 Å². The van der Waals surface area contributed by atoms with E-state index in [2.05, 4.69) is 43.1 Å². The maximum Gasteiger partial charge on any atom is 0.262 e. The lowest BCUT2D eigenvalue weighted by Crippen LogP contribution is -2.54. The van der Waals surface area contributed by atoms with E-state index >= 15 is 0 Å². The van der Waals surface area contributed by atoms with E-state index in [1.165, 1.54) is 0 Å². The van der Waals surface area contributed by atoms with Gasteiger partial charge in [-0.15, -0.1) is 0 Å². The van der Waals surface area contributed by atoms with Gasteiger partial charge in [0.05, 0.1) is 21.7 Å². The van der Waals surface area contributed by atoms with Gasteiger partial charge in [-0.3, -0.25) is 39.1 Å². The van der Waals surface area contributed by atoms with Crippen molar-refractivity contribution in [2.45, 2.75) is 57.0 Å². The summed E-state index contributed by atoms with van der Waals surface area (Å²) in [6, 6.07) is 20.8. The van der Waals surface area contributed by atoms with Gasteiger partial charge in [0.1, 0.15) is 12.1 Å². The normalized spacial score (nSPS) is 22.8. The van der Waals surface area contributed by atoms with Crippen LogP contribution >= 0.6 is 11.6 Å². The number of halogens is 1. The standard InChI is InChI=1S/C44H47ClN8O5/c45-37-26-34(6-3-30(37)27-46)52-20-15-44(28-52)13-18-51(19-14-44)41(56)29-1-4-31(5-2-29)48-16-11-32(12-17-48)49-21-23-50(24-22-49)33-7-8-35-36(25-33)43(58)53(42(35)57)38-9-10-39(54)47-40(38)55/h1-8,25-26,32,38H,9-24,28H2,(H,47,54,55). The van der Waals surface area contributed by atoms with Gasteiger partial charge in [-0.2, -0.15) is 5.26 Å². The van der Waals surface area contributed by atoms with E-state index in [-0.39, 0.29) is 24.2 Å². The second kappa shape index (κ2) is 15.4. The molecule has 1 unspecified atom stereocenters. The van der Waals surface area contributed by atoms with E-state index in [9.17, 15) is 29.2 Å². The first-order valence-corrected chi connectivity index (χ1v) is 20.9. The Hall–Kier alpha value is -5.45. The monoisotopic (exact) mass is 802 g/mol. The lowest BCUT2D eigenvalue weighted by atomic mass is 9.77. The Kier molecular flexibility index (Phi) is 10.1. The Morgan fingerprint density at radius 2 is 1.34 bits per heavy atom. The summed E-state index contributed by atoms with van der Waals surface area (Å²) in [4.78, 5) is 76.8. The van der Waals surface area contributed by atoms with Crippen molar-refractivity contribution in [1.82, 2.24) is 20.0 Å². The molecule has 5 amide bonds. The zero-order chi connectivity index (χ0) is 40.1. The first kappa shape index (κ1) is 38.1. The molecule has 6 aliphatic heterocycles. The van der Waals surface area contributed by atoms with Crippen LogP contribution in [0.5, 0.6) is 0 Å². The summed E-state index contributed by atoms with van der Waals surface area (Å²) in [6.45, 7) is 8.70. The number of hydrogen-bond donors (Lipinski definition) is 1. The van der Waals surface area contributed by atoms with Crippen LogP contribution in [0.15, 0.2) is 60.7 Å². The number of benzene rings is 3. The van der Waals surface area contributed by atoms with Gasteiger partial charge in [0, 0.05) is 101 Å². The third-order valence-corrected chi connectivity index (χ3v) is 13.9. The lowest BCUT2D eigenvalue weighted by Gasteiger charge is -2.44. The van der Waals surface area contributed by atoms with Crippen molar-refractivity contribution in [3.8, 4) is 6.07 Å². The van der Waals surface area contributed by atoms with E-state index in [1.807, 2.05) is 35.2 Å². The molecule has 1 atom stereocenters. The molecule has 0 saturated carbocycles. The molecule has 5 saturated heterocycles. The number of carbonyl (C=O) groups is 5. The number of anilines is 3. The Morgan fingerprint density at radius 3 is 2.03 bits per heavy atom. The van der Waals surface area contributed by atoms with E-state index in [1.54, 1.807) is 18.2 Å². The van der Waals surface area contributed by atoms with Crippen LogP contribution in [0.1, 0.15) is 81.6 Å². The molecule has 9 rings (SSSR count). The van der Waals surface area contributed by atoms with Crippen molar-refractivity contribution in [3.63, 3.8) is 0 Å². The van der Waals surface area contributed by atoms with E-state index in [0.717, 1.165) is 125 Å². The van der Waals surface area contributed by atoms with Crippen LogP contribution in [-0.4, -0.2) is 122 Å². The number of imide groups is 2. The van der Waals surface area contributed by atoms with Crippen LogP contribution in [0.2, 0.25) is 5.02 Å². The van der Waals surface area contributed by atoms with Crippen LogP contribution in [0, 0.1) is 16.7 Å². The van der Waals surface area contributed by atoms with Gasteiger partial charge in [-0.1, -0.05) is 11.6 Å². The fourth-order valence-electron chi connectivity index (χ4n) is 10.0. The predicted molar refractivity (Wildman–Crippen MR) is 219 cm³/mol. The van der Waals surface area contributed by atoms with Gasteiger partial charge < -0.3 is 19.6 Å². The number of likely N-dealkylation sites (tertiary alicyclic amines) is 1. The average Bonchev–Trinajstić information content (AvgIpc) is 3.77. The topological polar surface area (TPSA) is 141 Å². The minimum Gasteiger partial charge on any atom is -0.371 e. The molecular weight excluding hydrogens is 756 g/mol.